The molecule has 0 spiro atoms. The molecule has 25 heavy (non-hydrogen) atoms. The number of carbonyl (C=O) groups excluding carboxylic acids is 2. The summed E-state index contributed by atoms with van der Waals surface area (Å²) in [5, 5.41) is 2.70. The van der Waals surface area contributed by atoms with Crippen LogP contribution in [0.5, 0.6) is 5.75 Å². The Morgan fingerprint density at radius 3 is 2.52 bits per heavy atom. The molecule has 0 heterocycles. The maximum atomic E-state index is 13.4. The molecule has 0 saturated heterocycles. The smallest absolute Gasteiger partial charge is 0.344 e. The number of nitrogens with one attached hydrogen (secondary N) is 1. The number of carbonyl (C=O) groups is 2. The van der Waals surface area contributed by atoms with Crippen LogP contribution < -0.4 is 10.1 Å². The van der Waals surface area contributed by atoms with E-state index in [2.05, 4.69) is 10.1 Å². The van der Waals surface area contributed by atoms with Gasteiger partial charge in [-0.2, -0.15) is 0 Å². The normalized spacial score (nSPS) is 10.2. The van der Waals surface area contributed by atoms with Crippen molar-refractivity contribution in [1.82, 2.24) is 0 Å². The number of hydrogen-bond acceptors (Lipinski definition) is 4. The topological polar surface area (TPSA) is 64.6 Å². The van der Waals surface area contributed by atoms with Gasteiger partial charge < -0.3 is 14.8 Å². The van der Waals surface area contributed by atoms with Crippen molar-refractivity contribution in [3.63, 3.8) is 0 Å². The van der Waals surface area contributed by atoms with Gasteiger partial charge >= 0.3 is 5.97 Å². The number of benzene rings is 2. The van der Waals surface area contributed by atoms with E-state index >= 15 is 0 Å². The van der Waals surface area contributed by atoms with Gasteiger partial charge in [-0.3, -0.25) is 4.79 Å². The highest BCUT2D eigenvalue weighted by molar-refractivity contribution is 6.35. The molecule has 1 N–H and O–H groups in total. The molecular weight excluding hydrogens is 379 g/mol. The predicted octanol–water partition coefficient (Wildman–Crippen LogP) is 3.83. The van der Waals surface area contributed by atoms with E-state index in [0.29, 0.717) is 5.02 Å². The molecule has 0 aromatic heterocycles. The summed E-state index contributed by atoms with van der Waals surface area (Å²) in [7, 11) is 0. The lowest BCUT2D eigenvalue weighted by Crippen LogP contribution is -2.24. The number of halogens is 4. The van der Waals surface area contributed by atoms with Crippen molar-refractivity contribution in [3.05, 3.63) is 58.1 Å². The van der Waals surface area contributed by atoms with Crippen LogP contribution in [0.1, 0.15) is 0 Å². The van der Waals surface area contributed by atoms with E-state index in [-0.39, 0.29) is 16.5 Å². The van der Waals surface area contributed by atoms with E-state index in [1.165, 1.54) is 18.2 Å². The average Bonchev–Trinajstić information content (AvgIpc) is 2.55. The number of amides is 1. The molecule has 2 rings (SSSR count). The van der Waals surface area contributed by atoms with Gasteiger partial charge in [-0.05, 0) is 30.3 Å². The molecule has 0 atom stereocenters. The van der Waals surface area contributed by atoms with Gasteiger partial charge in [-0.1, -0.05) is 23.2 Å². The standard InChI is InChI=1S/C16H11Cl2F2NO4/c17-9-1-4-14(11(18)5-9)24-8-16(23)25-7-15(22)21-13-6-10(19)2-3-12(13)20/h1-6H,7-8H2,(H,21,22). The van der Waals surface area contributed by atoms with Crippen molar-refractivity contribution >= 4 is 40.8 Å². The molecular formula is C16H11Cl2F2NO4. The number of anilines is 1. The summed E-state index contributed by atoms with van der Waals surface area (Å²) >= 11 is 11.6. The van der Waals surface area contributed by atoms with Gasteiger partial charge in [0, 0.05) is 11.1 Å². The minimum Gasteiger partial charge on any atom is -0.480 e. The molecule has 0 aliphatic carbocycles. The first kappa shape index (κ1) is 19.0. The highest BCUT2D eigenvalue weighted by Crippen LogP contribution is 2.27. The lowest BCUT2D eigenvalue weighted by molar-refractivity contribution is -0.149. The molecule has 0 fully saturated rings. The van der Waals surface area contributed by atoms with Crippen LogP contribution in [0.4, 0.5) is 14.5 Å². The van der Waals surface area contributed by atoms with E-state index in [9.17, 15) is 18.4 Å². The van der Waals surface area contributed by atoms with Crippen molar-refractivity contribution in [2.75, 3.05) is 18.5 Å². The Morgan fingerprint density at radius 1 is 1.04 bits per heavy atom. The van der Waals surface area contributed by atoms with Crippen LogP contribution in [0.3, 0.4) is 0 Å². The molecule has 0 unspecified atom stereocenters. The van der Waals surface area contributed by atoms with Crippen molar-refractivity contribution in [1.29, 1.82) is 0 Å². The fourth-order valence-corrected chi connectivity index (χ4v) is 2.16. The number of esters is 1. The zero-order valence-electron chi connectivity index (χ0n) is 12.5. The van der Waals surface area contributed by atoms with E-state index in [1.54, 1.807) is 0 Å². The summed E-state index contributed by atoms with van der Waals surface area (Å²) in [4.78, 5) is 23.1. The van der Waals surface area contributed by atoms with E-state index in [1.807, 2.05) is 0 Å². The van der Waals surface area contributed by atoms with E-state index in [0.717, 1.165) is 18.2 Å². The second-order valence-electron chi connectivity index (χ2n) is 4.70. The third-order valence-electron chi connectivity index (χ3n) is 2.81. The number of rotatable bonds is 6. The fraction of sp³-hybridized carbons (Fsp3) is 0.125. The zero-order chi connectivity index (χ0) is 18.4. The van der Waals surface area contributed by atoms with Crippen molar-refractivity contribution in [3.8, 4) is 5.75 Å². The van der Waals surface area contributed by atoms with Gasteiger partial charge in [0.1, 0.15) is 17.4 Å². The van der Waals surface area contributed by atoms with Gasteiger partial charge in [0.25, 0.3) is 5.91 Å². The minimum absolute atomic E-state index is 0.208. The first-order valence-electron chi connectivity index (χ1n) is 6.83. The van der Waals surface area contributed by atoms with E-state index in [4.69, 9.17) is 27.9 Å². The van der Waals surface area contributed by atoms with Crippen LogP contribution in [0.2, 0.25) is 10.0 Å². The fourth-order valence-electron chi connectivity index (χ4n) is 1.70. The Morgan fingerprint density at radius 2 is 1.80 bits per heavy atom. The number of ether oxygens (including phenoxy) is 2. The quantitative estimate of drug-likeness (QED) is 0.762. The van der Waals surface area contributed by atoms with Crippen LogP contribution in [0.25, 0.3) is 0 Å². The molecule has 0 aliphatic rings. The van der Waals surface area contributed by atoms with Crippen molar-refractivity contribution in [2.24, 2.45) is 0 Å². The largest absolute Gasteiger partial charge is 0.480 e. The maximum absolute atomic E-state index is 13.4. The third kappa shape index (κ3) is 5.88. The lowest BCUT2D eigenvalue weighted by atomic mass is 10.3. The Hall–Kier alpha value is -2.38. The molecule has 0 bridgehead atoms. The third-order valence-corrected chi connectivity index (χ3v) is 3.34. The monoisotopic (exact) mass is 389 g/mol. The van der Waals surface area contributed by atoms with Crippen LogP contribution in [0, 0.1) is 11.6 Å². The molecule has 0 aliphatic heterocycles. The molecule has 0 saturated carbocycles. The summed E-state index contributed by atoms with van der Waals surface area (Å²) in [5.41, 5.74) is -0.356. The summed E-state index contributed by atoms with van der Waals surface area (Å²) < 4.78 is 36.2. The summed E-state index contributed by atoms with van der Waals surface area (Å²) in [5.74, 6) is -3.00. The molecule has 132 valence electrons. The van der Waals surface area contributed by atoms with Gasteiger partial charge in [0.2, 0.25) is 0 Å². The minimum atomic E-state index is -0.846. The van der Waals surface area contributed by atoms with Crippen LogP contribution in [-0.2, 0) is 14.3 Å². The van der Waals surface area contributed by atoms with Gasteiger partial charge in [-0.15, -0.1) is 0 Å². The SMILES string of the molecule is O=C(COC(=O)COc1ccc(Cl)cc1Cl)Nc1cc(F)ccc1F. The highest BCUT2D eigenvalue weighted by atomic mass is 35.5. The Labute approximate surface area is 151 Å². The van der Waals surface area contributed by atoms with Crippen LogP contribution >= 0.6 is 23.2 Å². The van der Waals surface area contributed by atoms with Crippen LogP contribution in [0.15, 0.2) is 36.4 Å². The molecule has 5 nitrogen and oxygen atoms in total. The van der Waals surface area contributed by atoms with E-state index < -0.39 is 36.7 Å². The molecule has 0 radical (unpaired) electrons. The Bertz CT molecular complexity index is 802. The van der Waals surface area contributed by atoms with Crippen LogP contribution in [-0.4, -0.2) is 25.1 Å². The average molecular weight is 390 g/mol. The second kappa shape index (κ2) is 8.64. The van der Waals surface area contributed by atoms with Crippen molar-refractivity contribution in [2.45, 2.75) is 0 Å². The predicted molar refractivity (Wildman–Crippen MR) is 87.9 cm³/mol. The maximum Gasteiger partial charge on any atom is 0.344 e. The van der Waals surface area contributed by atoms with Gasteiger partial charge in [0.05, 0.1) is 10.7 Å². The zero-order valence-corrected chi connectivity index (χ0v) is 14.0. The second-order valence-corrected chi connectivity index (χ2v) is 5.54. The molecule has 2 aromatic rings. The summed E-state index contributed by atoms with van der Waals surface area (Å²) in [6.45, 7) is -1.19. The first-order chi connectivity index (χ1) is 11.8. The molecule has 1 amide bonds. The lowest BCUT2D eigenvalue weighted by Gasteiger charge is -2.09. The number of hydrogen-bond donors (Lipinski definition) is 1. The van der Waals surface area contributed by atoms with Gasteiger partial charge in [0.15, 0.2) is 13.2 Å². The van der Waals surface area contributed by atoms with Gasteiger partial charge in [-0.25, -0.2) is 13.6 Å². The summed E-state index contributed by atoms with van der Waals surface area (Å²) in [6.07, 6.45) is 0. The van der Waals surface area contributed by atoms with Crippen molar-refractivity contribution < 1.29 is 27.8 Å². The first-order valence-corrected chi connectivity index (χ1v) is 7.59. The molecule has 9 heteroatoms. The molecule has 2 aromatic carbocycles. The summed E-state index contributed by atoms with van der Waals surface area (Å²) in [6, 6.07) is 7.00. The Kier molecular flexibility index (Phi) is 6.55. The Balaban J connectivity index is 1.79. The highest BCUT2D eigenvalue weighted by Gasteiger charge is 2.12.